The summed E-state index contributed by atoms with van der Waals surface area (Å²) in [5.74, 6) is 0. The first-order valence-corrected chi connectivity index (χ1v) is 16.2. The van der Waals surface area contributed by atoms with E-state index in [2.05, 4.69) is 27.7 Å². The lowest BCUT2D eigenvalue weighted by molar-refractivity contribution is 0.174. The summed E-state index contributed by atoms with van der Waals surface area (Å²) in [5, 5.41) is 0. The lowest BCUT2D eigenvalue weighted by atomic mass is 9.71. The quantitative estimate of drug-likeness (QED) is 0.101. The highest BCUT2D eigenvalue weighted by molar-refractivity contribution is 4.80. The minimum absolute atomic E-state index is 0.687. The molecule has 0 aromatic rings. The highest BCUT2D eigenvalue weighted by atomic mass is 14.3. The minimum Gasteiger partial charge on any atom is -0.0654 e. The van der Waals surface area contributed by atoms with Gasteiger partial charge in [0.1, 0.15) is 0 Å². The van der Waals surface area contributed by atoms with Gasteiger partial charge in [-0.2, -0.15) is 0 Å². The van der Waals surface area contributed by atoms with E-state index in [4.69, 9.17) is 0 Å². The summed E-state index contributed by atoms with van der Waals surface area (Å²) < 4.78 is 0. The van der Waals surface area contributed by atoms with Crippen LogP contribution in [0.1, 0.15) is 207 Å². The van der Waals surface area contributed by atoms with Gasteiger partial charge in [0.05, 0.1) is 0 Å². The Morgan fingerprint density at radius 3 is 0.727 bits per heavy atom. The molecule has 0 saturated carbocycles. The van der Waals surface area contributed by atoms with Crippen molar-refractivity contribution in [2.24, 2.45) is 5.41 Å². The van der Waals surface area contributed by atoms with Crippen molar-refractivity contribution in [1.82, 2.24) is 0 Å². The van der Waals surface area contributed by atoms with Gasteiger partial charge in [-0.15, -0.1) is 0 Å². The number of hydrogen-bond acceptors (Lipinski definition) is 0. The largest absolute Gasteiger partial charge is 0.0654 e. The third kappa shape index (κ3) is 22.2. The van der Waals surface area contributed by atoms with E-state index in [9.17, 15) is 0 Å². The Hall–Kier alpha value is 0. The van der Waals surface area contributed by atoms with E-state index in [0.29, 0.717) is 5.41 Å². The fourth-order valence-electron chi connectivity index (χ4n) is 5.83. The molecule has 0 unspecified atom stereocenters. The summed E-state index contributed by atoms with van der Waals surface area (Å²) in [5.41, 5.74) is 0.687. The van der Waals surface area contributed by atoms with E-state index >= 15 is 0 Å². The molecule has 0 aliphatic carbocycles. The van der Waals surface area contributed by atoms with Gasteiger partial charge in [0.25, 0.3) is 0 Å². The molecule has 0 atom stereocenters. The Morgan fingerprint density at radius 1 is 0.242 bits per heavy atom. The predicted molar refractivity (Wildman–Crippen MR) is 154 cm³/mol. The maximum Gasteiger partial charge on any atom is -0.0297 e. The summed E-state index contributed by atoms with van der Waals surface area (Å²) in [4.78, 5) is 0. The second-order valence-corrected chi connectivity index (χ2v) is 11.6. The van der Waals surface area contributed by atoms with Crippen LogP contribution in [0, 0.1) is 5.41 Å². The zero-order valence-corrected chi connectivity index (χ0v) is 24.3. The fraction of sp³-hybridized carbons (Fsp3) is 1.00. The summed E-state index contributed by atoms with van der Waals surface area (Å²) in [6, 6.07) is 0. The molecule has 0 N–H and O–H groups in total. The van der Waals surface area contributed by atoms with Gasteiger partial charge in [-0.3, -0.25) is 0 Å². The van der Waals surface area contributed by atoms with E-state index in [1.807, 2.05) is 0 Å². The van der Waals surface area contributed by atoms with Crippen molar-refractivity contribution in [2.45, 2.75) is 207 Å². The topological polar surface area (TPSA) is 0 Å². The van der Waals surface area contributed by atoms with Crippen LogP contribution in [-0.4, -0.2) is 0 Å². The maximum atomic E-state index is 2.39. The van der Waals surface area contributed by atoms with Crippen LogP contribution in [0.15, 0.2) is 0 Å². The molecule has 0 saturated heterocycles. The molecule has 200 valence electrons. The van der Waals surface area contributed by atoms with Gasteiger partial charge < -0.3 is 0 Å². The first-order valence-electron chi connectivity index (χ1n) is 16.2. The van der Waals surface area contributed by atoms with Gasteiger partial charge in [-0.05, 0) is 31.1 Å². The van der Waals surface area contributed by atoms with E-state index in [-0.39, 0.29) is 0 Å². The third-order valence-electron chi connectivity index (χ3n) is 8.24. The SMILES string of the molecule is CCCCCCCCCCCCC(CCCC)(CCCC)CCCCCCCCCCCC. The van der Waals surface area contributed by atoms with Crippen molar-refractivity contribution >= 4 is 0 Å². The molecule has 0 spiro atoms. The number of hydrogen-bond donors (Lipinski definition) is 0. The first-order chi connectivity index (χ1) is 16.2. The lowest BCUT2D eigenvalue weighted by Crippen LogP contribution is -2.21. The van der Waals surface area contributed by atoms with Crippen molar-refractivity contribution in [2.75, 3.05) is 0 Å². The van der Waals surface area contributed by atoms with Crippen LogP contribution in [0.2, 0.25) is 0 Å². The predicted octanol–water partition coefficient (Wildman–Crippen LogP) is 13.0. The number of rotatable bonds is 28. The van der Waals surface area contributed by atoms with E-state index in [1.54, 1.807) is 0 Å². The third-order valence-corrected chi connectivity index (χ3v) is 8.24. The van der Waals surface area contributed by atoms with Crippen LogP contribution >= 0.6 is 0 Å². The minimum atomic E-state index is 0.687. The molecule has 0 nitrogen and oxygen atoms in total. The molecular formula is C33H68. The normalized spacial score (nSPS) is 12.0. The van der Waals surface area contributed by atoms with E-state index < -0.39 is 0 Å². The average Bonchev–Trinajstić information content (AvgIpc) is 2.83. The van der Waals surface area contributed by atoms with Gasteiger partial charge in [0.15, 0.2) is 0 Å². The van der Waals surface area contributed by atoms with Crippen LogP contribution in [0.3, 0.4) is 0 Å². The second-order valence-electron chi connectivity index (χ2n) is 11.6. The van der Waals surface area contributed by atoms with Crippen molar-refractivity contribution in [3.8, 4) is 0 Å². The molecule has 0 aromatic carbocycles. The maximum absolute atomic E-state index is 2.39. The molecule has 0 heterocycles. The Morgan fingerprint density at radius 2 is 0.455 bits per heavy atom. The Balaban J connectivity index is 4.15. The molecule has 0 fully saturated rings. The van der Waals surface area contributed by atoms with Crippen LogP contribution in [0.25, 0.3) is 0 Å². The average molecular weight is 465 g/mol. The first kappa shape index (κ1) is 33.0. The standard InChI is InChI=1S/C33H68/c1-5-9-13-15-17-19-21-23-25-27-31-33(29-11-7-3,30-12-8-4)32-28-26-24-22-20-18-16-14-10-6-2/h5-32H2,1-4H3. The number of unbranched alkanes of at least 4 members (excludes halogenated alkanes) is 20. The van der Waals surface area contributed by atoms with Crippen molar-refractivity contribution in [3.63, 3.8) is 0 Å². The zero-order chi connectivity index (χ0) is 24.3. The van der Waals surface area contributed by atoms with Gasteiger partial charge in [-0.25, -0.2) is 0 Å². The van der Waals surface area contributed by atoms with E-state index in [0.717, 1.165) is 0 Å². The second kappa shape index (κ2) is 26.6. The van der Waals surface area contributed by atoms with Crippen molar-refractivity contribution in [3.05, 3.63) is 0 Å². The van der Waals surface area contributed by atoms with Crippen molar-refractivity contribution < 1.29 is 0 Å². The summed E-state index contributed by atoms with van der Waals surface area (Å²) >= 11 is 0. The van der Waals surface area contributed by atoms with Crippen LogP contribution in [0.5, 0.6) is 0 Å². The summed E-state index contributed by atoms with van der Waals surface area (Å²) in [6.45, 7) is 9.42. The molecule has 0 heteroatoms. The van der Waals surface area contributed by atoms with Gasteiger partial charge in [-0.1, -0.05) is 182 Å². The highest BCUT2D eigenvalue weighted by Gasteiger charge is 2.27. The fourth-order valence-corrected chi connectivity index (χ4v) is 5.83. The molecule has 0 amide bonds. The van der Waals surface area contributed by atoms with Gasteiger partial charge in [0, 0.05) is 0 Å². The highest BCUT2D eigenvalue weighted by Crippen LogP contribution is 2.41. The van der Waals surface area contributed by atoms with Crippen LogP contribution < -0.4 is 0 Å². The molecule has 0 bridgehead atoms. The smallest absolute Gasteiger partial charge is 0.0297 e. The molecular weight excluding hydrogens is 396 g/mol. The molecule has 0 radical (unpaired) electrons. The summed E-state index contributed by atoms with van der Waals surface area (Å²) in [6.07, 6.45) is 41.1. The monoisotopic (exact) mass is 465 g/mol. The molecule has 0 aromatic heterocycles. The molecule has 0 aliphatic heterocycles. The molecule has 0 rings (SSSR count). The van der Waals surface area contributed by atoms with Crippen LogP contribution in [0.4, 0.5) is 0 Å². The zero-order valence-electron chi connectivity index (χ0n) is 24.3. The van der Waals surface area contributed by atoms with Crippen molar-refractivity contribution in [1.29, 1.82) is 0 Å². The van der Waals surface area contributed by atoms with Gasteiger partial charge >= 0.3 is 0 Å². The Kier molecular flexibility index (Phi) is 26.6. The summed E-state index contributed by atoms with van der Waals surface area (Å²) in [7, 11) is 0. The Labute approximate surface area is 212 Å². The van der Waals surface area contributed by atoms with Crippen LogP contribution in [-0.2, 0) is 0 Å². The molecule has 33 heavy (non-hydrogen) atoms. The van der Waals surface area contributed by atoms with Gasteiger partial charge in [0.2, 0.25) is 0 Å². The van der Waals surface area contributed by atoms with E-state index in [1.165, 1.54) is 180 Å². The molecule has 0 aliphatic rings. The lowest BCUT2D eigenvalue weighted by Gasteiger charge is -2.35. The Bertz CT molecular complexity index is 310.